The van der Waals surface area contributed by atoms with E-state index in [1.165, 1.54) is 44.6 Å². The molecule has 9 heteroatoms. The SMILES string of the molecule is COc1cc(NC(=O)c2ccc(O)c(C#Cc3nnc4ccc(C(C)=O)cn34)c2)co1. The van der Waals surface area contributed by atoms with Crippen LogP contribution in [-0.4, -0.2) is 38.5 Å². The lowest BCUT2D eigenvalue weighted by atomic mass is 10.1. The Morgan fingerprint density at radius 1 is 1.13 bits per heavy atom. The molecule has 3 heterocycles. The van der Waals surface area contributed by atoms with Crippen molar-refractivity contribution < 1.29 is 23.8 Å². The number of Topliss-reactive ketones (excluding diaryl/α,β-unsaturated/α-hetero) is 1. The highest BCUT2D eigenvalue weighted by atomic mass is 16.6. The number of methoxy groups -OCH3 is 1. The van der Waals surface area contributed by atoms with Crippen LogP contribution in [0.3, 0.4) is 0 Å². The van der Waals surface area contributed by atoms with Gasteiger partial charge in [0, 0.05) is 23.4 Å². The van der Waals surface area contributed by atoms with E-state index >= 15 is 0 Å². The quantitative estimate of drug-likeness (QED) is 0.388. The number of ketones is 1. The lowest BCUT2D eigenvalue weighted by Crippen LogP contribution is -2.11. The maximum atomic E-state index is 12.5. The van der Waals surface area contributed by atoms with Gasteiger partial charge in [-0.15, -0.1) is 10.2 Å². The van der Waals surface area contributed by atoms with Crippen LogP contribution >= 0.6 is 0 Å². The van der Waals surface area contributed by atoms with Crippen LogP contribution < -0.4 is 10.1 Å². The number of ether oxygens (including phenoxy) is 1. The van der Waals surface area contributed by atoms with E-state index in [9.17, 15) is 14.7 Å². The number of aromatic hydroxyl groups is 1. The summed E-state index contributed by atoms with van der Waals surface area (Å²) in [5.41, 5.74) is 1.97. The van der Waals surface area contributed by atoms with Crippen molar-refractivity contribution in [1.29, 1.82) is 0 Å². The van der Waals surface area contributed by atoms with E-state index in [1.54, 1.807) is 22.7 Å². The lowest BCUT2D eigenvalue weighted by molar-refractivity contribution is 0.101. The number of anilines is 1. The van der Waals surface area contributed by atoms with Crippen LogP contribution in [0.15, 0.2) is 53.3 Å². The van der Waals surface area contributed by atoms with Gasteiger partial charge in [-0.05, 0) is 43.2 Å². The van der Waals surface area contributed by atoms with Gasteiger partial charge in [-0.2, -0.15) is 0 Å². The van der Waals surface area contributed by atoms with Crippen LogP contribution in [0.5, 0.6) is 11.7 Å². The third-order valence-electron chi connectivity index (χ3n) is 4.41. The molecule has 0 saturated carbocycles. The number of benzene rings is 1. The highest BCUT2D eigenvalue weighted by Crippen LogP contribution is 2.22. The van der Waals surface area contributed by atoms with Gasteiger partial charge in [-0.25, -0.2) is 0 Å². The Morgan fingerprint density at radius 2 is 1.94 bits per heavy atom. The number of fused-ring (bicyclic) bond motifs is 1. The average molecular weight is 416 g/mol. The zero-order valence-corrected chi connectivity index (χ0v) is 16.5. The van der Waals surface area contributed by atoms with Crippen LogP contribution in [0.4, 0.5) is 5.69 Å². The number of hydrogen-bond donors (Lipinski definition) is 2. The van der Waals surface area contributed by atoms with Crippen molar-refractivity contribution in [2.24, 2.45) is 0 Å². The van der Waals surface area contributed by atoms with Crippen molar-refractivity contribution in [3.8, 4) is 23.5 Å². The summed E-state index contributed by atoms with van der Waals surface area (Å²) < 4.78 is 11.6. The first-order chi connectivity index (χ1) is 14.9. The van der Waals surface area contributed by atoms with E-state index in [1.807, 2.05) is 0 Å². The van der Waals surface area contributed by atoms with Crippen LogP contribution in [-0.2, 0) is 0 Å². The molecule has 9 nitrogen and oxygen atoms in total. The minimum absolute atomic E-state index is 0.0905. The number of carbonyl (C=O) groups excluding carboxylic acids is 2. The molecule has 0 atom stereocenters. The first-order valence-corrected chi connectivity index (χ1v) is 9.09. The monoisotopic (exact) mass is 416 g/mol. The van der Waals surface area contributed by atoms with Crippen molar-refractivity contribution in [3.63, 3.8) is 0 Å². The zero-order chi connectivity index (χ0) is 22.0. The summed E-state index contributed by atoms with van der Waals surface area (Å²) in [7, 11) is 1.45. The highest BCUT2D eigenvalue weighted by Gasteiger charge is 2.11. The number of hydrogen-bond acceptors (Lipinski definition) is 7. The topological polar surface area (TPSA) is 119 Å². The molecule has 2 N–H and O–H groups in total. The molecule has 1 aromatic carbocycles. The number of furan rings is 1. The van der Waals surface area contributed by atoms with Crippen LogP contribution in [0.25, 0.3) is 5.65 Å². The predicted octanol–water partition coefficient (Wildman–Crippen LogP) is 2.89. The fraction of sp³-hybridized carbons (Fsp3) is 0.0909. The van der Waals surface area contributed by atoms with Gasteiger partial charge in [-0.1, -0.05) is 5.92 Å². The molecule has 0 radical (unpaired) electrons. The van der Waals surface area contributed by atoms with E-state index in [-0.39, 0.29) is 34.4 Å². The lowest BCUT2D eigenvalue weighted by Gasteiger charge is -2.04. The third-order valence-corrected chi connectivity index (χ3v) is 4.41. The summed E-state index contributed by atoms with van der Waals surface area (Å²) in [6.45, 7) is 1.46. The fourth-order valence-electron chi connectivity index (χ4n) is 2.78. The summed E-state index contributed by atoms with van der Waals surface area (Å²) in [5, 5.41) is 20.8. The summed E-state index contributed by atoms with van der Waals surface area (Å²) in [6.07, 6.45) is 2.95. The van der Waals surface area contributed by atoms with Crippen molar-refractivity contribution >= 4 is 23.0 Å². The molecular formula is C22H16N4O5. The smallest absolute Gasteiger partial charge is 0.286 e. The fourth-order valence-corrected chi connectivity index (χ4v) is 2.78. The van der Waals surface area contributed by atoms with E-state index in [0.717, 1.165) is 0 Å². The molecule has 0 unspecified atom stereocenters. The van der Waals surface area contributed by atoms with Crippen molar-refractivity contribution in [2.45, 2.75) is 6.92 Å². The molecule has 31 heavy (non-hydrogen) atoms. The summed E-state index contributed by atoms with van der Waals surface area (Å²) in [5.74, 6) is 5.58. The maximum absolute atomic E-state index is 12.5. The Balaban J connectivity index is 1.62. The molecule has 0 aliphatic carbocycles. The predicted molar refractivity (Wildman–Crippen MR) is 110 cm³/mol. The molecule has 0 aliphatic rings. The normalized spacial score (nSPS) is 10.4. The van der Waals surface area contributed by atoms with E-state index in [2.05, 4.69) is 27.4 Å². The third kappa shape index (κ3) is 4.09. The second kappa shape index (κ2) is 8.04. The Kier molecular flexibility index (Phi) is 5.12. The van der Waals surface area contributed by atoms with Gasteiger partial charge >= 0.3 is 0 Å². The number of nitrogens with one attached hydrogen (secondary N) is 1. The maximum Gasteiger partial charge on any atom is 0.286 e. The minimum atomic E-state index is -0.412. The van der Waals surface area contributed by atoms with Gasteiger partial charge in [0.25, 0.3) is 11.9 Å². The number of pyridine rings is 1. The number of phenolic OH excluding ortho intramolecular Hbond substituents is 1. The number of phenols is 1. The van der Waals surface area contributed by atoms with Crippen LogP contribution in [0.2, 0.25) is 0 Å². The van der Waals surface area contributed by atoms with Gasteiger partial charge in [0.2, 0.25) is 5.82 Å². The molecule has 4 aromatic rings. The second-order valence-corrected chi connectivity index (χ2v) is 6.52. The molecule has 1 amide bonds. The first-order valence-electron chi connectivity index (χ1n) is 9.09. The molecule has 0 fully saturated rings. The van der Waals surface area contributed by atoms with E-state index in [4.69, 9.17) is 9.15 Å². The Morgan fingerprint density at radius 3 is 2.68 bits per heavy atom. The number of carbonyl (C=O) groups is 2. The molecule has 154 valence electrons. The highest BCUT2D eigenvalue weighted by molar-refractivity contribution is 6.04. The molecular weight excluding hydrogens is 400 g/mol. The number of nitrogens with zero attached hydrogens (tertiary/aromatic N) is 3. The van der Waals surface area contributed by atoms with Crippen molar-refractivity contribution in [1.82, 2.24) is 14.6 Å². The minimum Gasteiger partial charge on any atom is -0.507 e. The van der Waals surface area contributed by atoms with Gasteiger partial charge in [0.15, 0.2) is 11.4 Å². The Labute approximate surface area is 176 Å². The number of amides is 1. The molecule has 0 aliphatic heterocycles. The molecule has 0 bridgehead atoms. The summed E-state index contributed by atoms with van der Waals surface area (Å²) >= 11 is 0. The van der Waals surface area contributed by atoms with Crippen molar-refractivity contribution in [3.05, 3.63) is 71.4 Å². The Hall–Kier alpha value is -4.58. The van der Waals surface area contributed by atoms with Crippen LogP contribution in [0.1, 0.15) is 39.0 Å². The van der Waals surface area contributed by atoms with Gasteiger partial charge < -0.3 is 19.6 Å². The van der Waals surface area contributed by atoms with Gasteiger partial charge in [0.05, 0.1) is 18.4 Å². The number of rotatable bonds is 4. The molecule has 0 spiro atoms. The van der Waals surface area contributed by atoms with E-state index in [0.29, 0.717) is 16.9 Å². The summed E-state index contributed by atoms with van der Waals surface area (Å²) in [6, 6.07) is 9.17. The van der Waals surface area contributed by atoms with Crippen molar-refractivity contribution in [2.75, 3.05) is 12.4 Å². The van der Waals surface area contributed by atoms with Gasteiger partial charge in [-0.3, -0.25) is 14.0 Å². The second-order valence-electron chi connectivity index (χ2n) is 6.52. The Bertz CT molecular complexity index is 1370. The first kappa shape index (κ1) is 19.7. The average Bonchev–Trinajstić information content (AvgIpc) is 3.39. The van der Waals surface area contributed by atoms with Gasteiger partial charge in [0.1, 0.15) is 12.0 Å². The largest absolute Gasteiger partial charge is 0.507 e. The van der Waals surface area contributed by atoms with Crippen LogP contribution in [0, 0.1) is 11.8 Å². The molecule has 0 saturated heterocycles. The zero-order valence-electron chi connectivity index (χ0n) is 16.5. The number of aromatic nitrogens is 3. The molecule has 3 aromatic heterocycles. The standard InChI is InChI=1S/C22H16N4O5/c1-13(27)16-5-8-20-25-24-19(26(20)11-16)7-4-14-9-15(3-6-18(14)28)22(29)23-17-10-21(30-2)31-12-17/h3,5-6,8-12,28H,1-2H3,(H,23,29). The summed E-state index contributed by atoms with van der Waals surface area (Å²) in [4.78, 5) is 24.1. The van der Waals surface area contributed by atoms with E-state index < -0.39 is 5.91 Å². The molecule has 4 rings (SSSR count).